The zero-order valence-corrected chi connectivity index (χ0v) is 26.7. The minimum atomic E-state index is -0.511. The fourth-order valence-corrected chi connectivity index (χ4v) is 5.30. The van der Waals surface area contributed by atoms with Crippen LogP contribution in [-0.4, -0.2) is 57.6 Å². The molecular formula is C35H53FN4O3. The highest BCUT2D eigenvalue weighted by molar-refractivity contribution is 5.88. The Morgan fingerprint density at radius 1 is 1.02 bits per heavy atom. The smallest absolute Gasteiger partial charge is 0.169 e. The maximum absolute atomic E-state index is 16.0. The summed E-state index contributed by atoms with van der Waals surface area (Å²) < 4.78 is 16.0. The number of hydrogen-bond donors (Lipinski definition) is 3. The first-order valence-electron chi connectivity index (χ1n) is 15.4. The van der Waals surface area contributed by atoms with Crippen LogP contribution in [0.2, 0.25) is 0 Å². The molecular weight excluding hydrogens is 543 g/mol. The molecule has 3 rings (SSSR count). The molecule has 2 aromatic carbocycles. The lowest BCUT2D eigenvalue weighted by Gasteiger charge is -2.27. The Kier molecular flexibility index (Phi) is 18.5. The Hall–Kier alpha value is -3.52. The molecule has 0 aromatic heterocycles. The summed E-state index contributed by atoms with van der Waals surface area (Å²) in [5.74, 6) is -0.244. The summed E-state index contributed by atoms with van der Waals surface area (Å²) in [4.78, 5) is 31.5. The average Bonchev–Trinajstić information content (AvgIpc) is 3.03. The molecule has 0 aliphatic heterocycles. The molecule has 1 unspecified atom stereocenters. The first kappa shape index (κ1) is 37.5. The highest BCUT2D eigenvalue weighted by Crippen LogP contribution is 2.31. The van der Waals surface area contributed by atoms with E-state index >= 15 is 4.39 Å². The number of nitrogens with zero attached hydrogens (tertiary/aromatic N) is 1. The molecule has 0 heterocycles. The van der Waals surface area contributed by atoms with Gasteiger partial charge < -0.3 is 30.4 Å². The average molecular weight is 597 g/mol. The highest BCUT2D eigenvalue weighted by atomic mass is 19.1. The summed E-state index contributed by atoms with van der Waals surface area (Å²) in [6.45, 7) is 15.6. The Bertz CT molecular complexity index is 1090. The van der Waals surface area contributed by atoms with Gasteiger partial charge in [-0.15, -0.1) is 0 Å². The monoisotopic (exact) mass is 596 g/mol. The summed E-state index contributed by atoms with van der Waals surface area (Å²) in [6.07, 6.45) is 9.67. The van der Waals surface area contributed by atoms with Gasteiger partial charge in [0, 0.05) is 42.6 Å². The van der Waals surface area contributed by atoms with Gasteiger partial charge in [0.2, 0.25) is 0 Å². The van der Waals surface area contributed by atoms with E-state index < -0.39 is 6.04 Å². The molecule has 0 saturated heterocycles. The Morgan fingerprint density at radius 2 is 1.67 bits per heavy atom. The zero-order valence-electron chi connectivity index (χ0n) is 26.7. The fraction of sp³-hybridized carbons (Fsp3) is 0.514. The first-order chi connectivity index (χ1) is 20.8. The fourth-order valence-electron chi connectivity index (χ4n) is 5.30. The quantitative estimate of drug-likeness (QED) is 0.189. The molecule has 0 amide bonds. The van der Waals surface area contributed by atoms with Gasteiger partial charge in [0.25, 0.3) is 0 Å². The maximum Gasteiger partial charge on any atom is 0.169 e. The summed E-state index contributed by atoms with van der Waals surface area (Å²) in [6, 6.07) is 13.7. The van der Waals surface area contributed by atoms with Gasteiger partial charge in [-0.2, -0.15) is 0 Å². The number of Topliss-reactive ketones (excluding diaryl/α,β-unsaturated/α-hetero) is 1. The molecule has 7 nitrogen and oxygen atoms in total. The molecule has 238 valence electrons. The number of benzene rings is 2. The predicted molar refractivity (Wildman–Crippen MR) is 178 cm³/mol. The molecule has 43 heavy (non-hydrogen) atoms. The Labute approximate surface area is 258 Å². The van der Waals surface area contributed by atoms with Crippen LogP contribution in [0.1, 0.15) is 83.3 Å². The van der Waals surface area contributed by atoms with E-state index in [0.29, 0.717) is 36.0 Å². The largest absolute Gasteiger partial charge is 0.383 e. The van der Waals surface area contributed by atoms with E-state index in [-0.39, 0.29) is 17.6 Å². The third-order valence-corrected chi connectivity index (χ3v) is 7.53. The summed E-state index contributed by atoms with van der Waals surface area (Å²) in [5.41, 5.74) is 3.26. The molecule has 0 spiro atoms. The zero-order chi connectivity index (χ0) is 32.2. The molecule has 1 saturated carbocycles. The van der Waals surface area contributed by atoms with Crippen molar-refractivity contribution in [3.05, 3.63) is 66.0 Å². The normalized spacial score (nSPS) is 13.5. The van der Waals surface area contributed by atoms with Gasteiger partial charge in [0.05, 0.1) is 18.3 Å². The van der Waals surface area contributed by atoms with Gasteiger partial charge in [-0.05, 0) is 57.2 Å². The molecule has 8 heteroatoms. The van der Waals surface area contributed by atoms with Crippen molar-refractivity contribution in [3.63, 3.8) is 0 Å². The lowest BCUT2D eigenvalue weighted by Crippen LogP contribution is -2.45. The predicted octanol–water partition coefficient (Wildman–Crippen LogP) is 6.57. The molecule has 2 aromatic rings. The lowest BCUT2D eigenvalue weighted by atomic mass is 9.95. The second-order valence-corrected chi connectivity index (χ2v) is 11.3. The van der Waals surface area contributed by atoms with Crippen molar-refractivity contribution in [1.82, 2.24) is 10.6 Å². The third-order valence-electron chi connectivity index (χ3n) is 7.53. The van der Waals surface area contributed by atoms with Gasteiger partial charge in [0.1, 0.15) is 13.6 Å². The van der Waals surface area contributed by atoms with E-state index in [1.807, 2.05) is 61.9 Å². The molecule has 3 N–H and O–H groups in total. The van der Waals surface area contributed by atoms with Gasteiger partial charge in [-0.3, -0.25) is 4.79 Å². The van der Waals surface area contributed by atoms with Crippen LogP contribution in [0.4, 0.5) is 15.8 Å². The van der Waals surface area contributed by atoms with Crippen LogP contribution in [-0.2, 0) is 20.8 Å². The van der Waals surface area contributed by atoms with Crippen molar-refractivity contribution in [2.24, 2.45) is 0 Å². The van der Waals surface area contributed by atoms with E-state index in [4.69, 9.17) is 9.59 Å². The molecule has 0 radical (unpaired) electrons. The van der Waals surface area contributed by atoms with E-state index in [1.54, 1.807) is 6.07 Å². The number of hydrogen-bond acceptors (Lipinski definition) is 7. The van der Waals surface area contributed by atoms with E-state index in [1.165, 1.54) is 19.3 Å². The maximum atomic E-state index is 16.0. The van der Waals surface area contributed by atoms with Crippen LogP contribution in [0.5, 0.6) is 0 Å². The van der Waals surface area contributed by atoms with Crippen LogP contribution in [0.25, 0.3) is 5.70 Å². The van der Waals surface area contributed by atoms with Gasteiger partial charge in [-0.1, -0.05) is 75.9 Å². The number of halogens is 1. The molecule has 1 aliphatic rings. The number of anilines is 2. The van der Waals surface area contributed by atoms with Gasteiger partial charge >= 0.3 is 0 Å². The second kappa shape index (κ2) is 21.2. The number of nitrogens with one attached hydrogen (secondary N) is 3. The molecule has 1 atom stereocenters. The number of ketones is 1. The van der Waals surface area contributed by atoms with Gasteiger partial charge in [-0.25, -0.2) is 4.39 Å². The van der Waals surface area contributed by atoms with Gasteiger partial charge in [0.15, 0.2) is 11.6 Å². The van der Waals surface area contributed by atoms with Crippen LogP contribution in [0.3, 0.4) is 0 Å². The summed E-state index contributed by atoms with van der Waals surface area (Å²) in [5, 5.41) is 10.2. The first-order valence-corrected chi connectivity index (χ1v) is 15.4. The minimum Gasteiger partial charge on any atom is -0.383 e. The van der Waals surface area contributed by atoms with Crippen molar-refractivity contribution in [2.75, 3.05) is 30.4 Å². The highest BCUT2D eigenvalue weighted by Gasteiger charge is 2.24. The van der Waals surface area contributed by atoms with Crippen LogP contribution >= 0.6 is 0 Å². The minimum absolute atomic E-state index is 0.0688. The SMILES string of the molecule is C=C(NC(Cc1ccccc1)C(=O)CNC1CCCCC1)c1cc(NC(C)C)cc(N(C)CCCCC)c1F.C=O.C=O. The van der Waals surface area contributed by atoms with E-state index in [0.717, 1.165) is 49.9 Å². The van der Waals surface area contributed by atoms with Crippen LogP contribution < -0.4 is 20.9 Å². The van der Waals surface area contributed by atoms with Crippen molar-refractivity contribution in [3.8, 4) is 0 Å². The third kappa shape index (κ3) is 13.1. The lowest BCUT2D eigenvalue weighted by molar-refractivity contribution is -0.120. The number of rotatable bonds is 16. The van der Waals surface area contributed by atoms with E-state index in [2.05, 4.69) is 43.3 Å². The van der Waals surface area contributed by atoms with E-state index in [9.17, 15) is 4.79 Å². The topological polar surface area (TPSA) is 90.5 Å². The molecule has 1 aliphatic carbocycles. The van der Waals surface area contributed by atoms with Crippen molar-refractivity contribution in [1.29, 1.82) is 0 Å². The summed E-state index contributed by atoms with van der Waals surface area (Å²) in [7, 11) is 1.94. The van der Waals surface area contributed by atoms with Crippen molar-refractivity contribution < 1.29 is 18.8 Å². The summed E-state index contributed by atoms with van der Waals surface area (Å²) >= 11 is 0. The van der Waals surface area contributed by atoms with Crippen molar-refractivity contribution >= 4 is 36.4 Å². The molecule has 1 fully saturated rings. The Morgan fingerprint density at radius 3 is 2.28 bits per heavy atom. The molecule has 0 bridgehead atoms. The number of carbonyl (C=O) groups is 3. The second-order valence-electron chi connectivity index (χ2n) is 11.3. The van der Waals surface area contributed by atoms with Crippen molar-refractivity contribution in [2.45, 2.75) is 96.7 Å². The van der Waals surface area contributed by atoms with Crippen LogP contribution in [0, 0.1) is 5.82 Å². The van der Waals surface area contributed by atoms with Crippen LogP contribution in [0.15, 0.2) is 49.0 Å². The Balaban J connectivity index is 0.00000221. The standard InChI is InChI=1S/C33H49FN4O.2CH2O/c1-6-7-14-19-38(5)31-22-28(36-24(2)3)21-29(33(31)34)25(4)37-30(20-26-15-10-8-11-16-26)32(39)23-35-27-17-12-9-13-18-27;2*1-2/h8,10-11,15-16,21-22,24,27,30,35-37H,4,6-7,9,12-14,17-20,23H2,1-3,5H3;2*1H2. The number of carbonyl (C=O) groups excluding carboxylic acids is 3. The number of unbranched alkanes of at least 4 members (excludes halogenated alkanes) is 2.